The molecule has 13 heteroatoms. The molecule has 4 amide bonds. The zero-order chi connectivity index (χ0) is 35.3. The first-order chi connectivity index (χ1) is 23.3. The van der Waals surface area contributed by atoms with Gasteiger partial charge in [-0.15, -0.1) is 0 Å². The second-order valence-electron chi connectivity index (χ2n) is 14.5. The Hall–Kier alpha value is -3.93. The Balaban J connectivity index is 1.38. The van der Waals surface area contributed by atoms with E-state index >= 15 is 0 Å². The second-order valence-corrected chi connectivity index (χ2v) is 14.8. The molecule has 2 aliphatic carbocycles. The lowest BCUT2D eigenvalue weighted by Crippen LogP contribution is -2.59. The third kappa shape index (κ3) is 9.20. The highest BCUT2D eigenvalue weighted by molar-refractivity contribution is 6.28. The lowest BCUT2D eigenvalue weighted by atomic mass is 9.83. The minimum atomic E-state index is -0.904. The average molecular weight is 697 g/mol. The number of carbonyl (C=O) groups is 4. The van der Waals surface area contributed by atoms with Crippen LogP contribution in [0.3, 0.4) is 0 Å². The normalized spacial score (nSPS) is 22.3. The van der Waals surface area contributed by atoms with Gasteiger partial charge in [0.05, 0.1) is 25.0 Å². The van der Waals surface area contributed by atoms with Gasteiger partial charge < -0.3 is 25.0 Å². The molecule has 49 heavy (non-hydrogen) atoms. The fourth-order valence-corrected chi connectivity index (χ4v) is 7.17. The van der Waals surface area contributed by atoms with Crippen molar-refractivity contribution < 1.29 is 28.7 Å². The standard InChI is InChI=1S/C36H49ClN6O6/c1-22(42(5)35(47)49-36(2,3)4)31(44)41-30(24-13-7-6-8-14-24)33(46)43-21-25(48-26-19-38-34(37)39-20-26)18-29(43)32(45)40-28-17-11-15-23-12-9-10-16-27(23)28/h9-10,12,16,19-20,22,24-25,28-30H,6-8,11,13-15,17-18,21H2,1-5H3,(H,40,45)(H,41,44)/t22?,25-,28+,29-,30?/m0/s1. The molecule has 1 saturated carbocycles. The summed E-state index contributed by atoms with van der Waals surface area (Å²) in [5.74, 6) is -0.819. The van der Waals surface area contributed by atoms with E-state index in [2.05, 4.69) is 26.7 Å². The molecule has 2 aromatic rings. The highest BCUT2D eigenvalue weighted by Crippen LogP contribution is 2.33. The summed E-state index contributed by atoms with van der Waals surface area (Å²) in [5, 5.41) is 6.32. The molecule has 2 fully saturated rings. The molecular weight excluding hydrogens is 648 g/mol. The Kier molecular flexibility index (Phi) is 11.7. The highest BCUT2D eigenvalue weighted by Gasteiger charge is 2.46. The Morgan fingerprint density at radius 1 is 1.02 bits per heavy atom. The third-order valence-corrected chi connectivity index (χ3v) is 9.96. The number of nitrogens with zero attached hydrogens (tertiary/aromatic N) is 4. The van der Waals surface area contributed by atoms with Crippen LogP contribution in [0.4, 0.5) is 4.79 Å². The molecule has 1 aromatic heterocycles. The minimum Gasteiger partial charge on any atom is -0.485 e. The maximum atomic E-state index is 14.7. The van der Waals surface area contributed by atoms with Crippen molar-refractivity contribution in [1.82, 2.24) is 30.4 Å². The lowest BCUT2D eigenvalue weighted by Gasteiger charge is -2.36. The fraction of sp³-hybridized carbons (Fsp3) is 0.611. The summed E-state index contributed by atoms with van der Waals surface area (Å²) in [5.41, 5.74) is 1.58. The molecule has 1 aromatic carbocycles. The van der Waals surface area contributed by atoms with E-state index in [1.54, 1.807) is 32.6 Å². The van der Waals surface area contributed by atoms with Crippen LogP contribution in [0.5, 0.6) is 5.75 Å². The molecule has 1 saturated heterocycles. The molecule has 0 bridgehead atoms. The maximum absolute atomic E-state index is 14.7. The summed E-state index contributed by atoms with van der Waals surface area (Å²) in [4.78, 5) is 66.1. The highest BCUT2D eigenvalue weighted by atomic mass is 35.5. The van der Waals surface area contributed by atoms with Gasteiger partial charge in [0.15, 0.2) is 5.75 Å². The van der Waals surface area contributed by atoms with Gasteiger partial charge in [0.2, 0.25) is 23.0 Å². The van der Waals surface area contributed by atoms with Crippen LogP contribution in [-0.4, -0.2) is 87.0 Å². The minimum absolute atomic E-state index is 0.0817. The number of nitrogens with one attached hydrogen (secondary N) is 2. The Morgan fingerprint density at radius 3 is 2.41 bits per heavy atom. The number of likely N-dealkylation sites (N-methyl/N-ethyl adjacent to an activating group) is 1. The van der Waals surface area contributed by atoms with Gasteiger partial charge in [0, 0.05) is 13.5 Å². The number of benzene rings is 1. The van der Waals surface area contributed by atoms with Crippen LogP contribution in [0.1, 0.15) is 96.2 Å². The quantitative estimate of drug-likeness (QED) is 0.349. The van der Waals surface area contributed by atoms with Gasteiger partial charge in [-0.1, -0.05) is 43.5 Å². The van der Waals surface area contributed by atoms with Crippen LogP contribution in [0.25, 0.3) is 0 Å². The second kappa shape index (κ2) is 15.7. The van der Waals surface area contributed by atoms with Crippen LogP contribution in [0.2, 0.25) is 5.28 Å². The van der Waals surface area contributed by atoms with E-state index in [1.807, 2.05) is 18.2 Å². The zero-order valence-corrected chi connectivity index (χ0v) is 29.9. The van der Waals surface area contributed by atoms with Gasteiger partial charge in [0.25, 0.3) is 0 Å². The van der Waals surface area contributed by atoms with E-state index in [9.17, 15) is 19.2 Å². The molecule has 2 unspecified atom stereocenters. The van der Waals surface area contributed by atoms with Crippen molar-refractivity contribution in [3.63, 3.8) is 0 Å². The molecule has 2 N–H and O–H groups in total. The summed E-state index contributed by atoms with van der Waals surface area (Å²) in [6.07, 6.45) is 9.16. The van der Waals surface area contributed by atoms with E-state index < -0.39 is 41.8 Å². The molecule has 0 radical (unpaired) electrons. The number of amides is 4. The first-order valence-electron chi connectivity index (χ1n) is 17.4. The number of ether oxygens (including phenoxy) is 2. The zero-order valence-electron chi connectivity index (χ0n) is 29.1. The Morgan fingerprint density at radius 2 is 1.71 bits per heavy atom. The number of rotatable bonds is 9. The molecule has 12 nitrogen and oxygen atoms in total. The van der Waals surface area contributed by atoms with E-state index in [4.69, 9.17) is 21.1 Å². The number of carbonyl (C=O) groups excluding carboxylic acids is 4. The number of aryl methyl sites for hydroxylation is 1. The topological polar surface area (TPSA) is 143 Å². The summed E-state index contributed by atoms with van der Waals surface area (Å²) in [6, 6.07) is 5.34. The summed E-state index contributed by atoms with van der Waals surface area (Å²) in [7, 11) is 1.50. The molecule has 1 aliphatic heterocycles. The van der Waals surface area contributed by atoms with E-state index in [0.717, 1.165) is 56.9 Å². The van der Waals surface area contributed by atoms with Crippen LogP contribution in [-0.2, 0) is 25.5 Å². The van der Waals surface area contributed by atoms with Crippen molar-refractivity contribution in [2.45, 2.75) is 121 Å². The Labute approximate surface area is 293 Å². The van der Waals surface area contributed by atoms with Crippen molar-refractivity contribution in [3.05, 3.63) is 53.1 Å². The molecule has 3 aliphatic rings. The summed E-state index contributed by atoms with van der Waals surface area (Å²) < 4.78 is 11.6. The molecule has 266 valence electrons. The van der Waals surface area contributed by atoms with Gasteiger partial charge in [0.1, 0.15) is 29.8 Å². The SMILES string of the molecule is CC(C(=O)NC(C(=O)N1C[C@@H](Oc2cnc(Cl)nc2)C[C@H]1C(=O)N[C@@H]1CCCc2ccccc21)C1CCCCC1)N(C)C(=O)OC(C)(C)C. The molecular formula is C36H49ClN6O6. The van der Waals surface area contributed by atoms with Crippen molar-refractivity contribution in [2.75, 3.05) is 13.6 Å². The van der Waals surface area contributed by atoms with Gasteiger partial charge in [-0.05, 0) is 88.4 Å². The van der Waals surface area contributed by atoms with Crippen molar-refractivity contribution in [3.8, 4) is 5.75 Å². The largest absolute Gasteiger partial charge is 0.485 e. The number of halogens is 1. The van der Waals surface area contributed by atoms with Crippen LogP contribution >= 0.6 is 11.6 Å². The lowest BCUT2D eigenvalue weighted by molar-refractivity contribution is -0.143. The smallest absolute Gasteiger partial charge is 0.410 e. The number of hydrogen-bond donors (Lipinski definition) is 2. The molecule has 0 spiro atoms. The van der Waals surface area contributed by atoms with Gasteiger partial charge in [-0.25, -0.2) is 14.8 Å². The van der Waals surface area contributed by atoms with E-state index in [-0.39, 0.29) is 42.0 Å². The fourth-order valence-electron chi connectivity index (χ4n) is 7.07. The van der Waals surface area contributed by atoms with Gasteiger partial charge in [-0.3, -0.25) is 19.3 Å². The summed E-state index contributed by atoms with van der Waals surface area (Å²) in [6.45, 7) is 7.01. The average Bonchev–Trinajstić information content (AvgIpc) is 3.51. The summed E-state index contributed by atoms with van der Waals surface area (Å²) >= 11 is 5.88. The van der Waals surface area contributed by atoms with Crippen LogP contribution in [0, 0.1) is 5.92 Å². The van der Waals surface area contributed by atoms with Crippen molar-refractivity contribution in [2.24, 2.45) is 5.92 Å². The number of hydrogen-bond acceptors (Lipinski definition) is 8. The number of aromatic nitrogens is 2. The monoisotopic (exact) mass is 696 g/mol. The molecule has 2 heterocycles. The first kappa shape index (κ1) is 36.4. The maximum Gasteiger partial charge on any atom is 0.410 e. The first-order valence-corrected chi connectivity index (χ1v) is 17.8. The third-order valence-electron chi connectivity index (χ3n) is 9.76. The van der Waals surface area contributed by atoms with Crippen LogP contribution < -0.4 is 15.4 Å². The number of fused-ring (bicyclic) bond motifs is 1. The Bertz CT molecular complexity index is 1490. The van der Waals surface area contributed by atoms with E-state index in [1.165, 1.54) is 29.9 Å². The number of likely N-dealkylation sites (tertiary alicyclic amines) is 1. The van der Waals surface area contributed by atoms with Gasteiger partial charge >= 0.3 is 6.09 Å². The van der Waals surface area contributed by atoms with Crippen molar-refractivity contribution >= 4 is 35.4 Å². The van der Waals surface area contributed by atoms with Crippen molar-refractivity contribution in [1.29, 1.82) is 0 Å². The molecule has 5 rings (SSSR count). The predicted molar refractivity (Wildman–Crippen MR) is 184 cm³/mol. The predicted octanol–water partition coefficient (Wildman–Crippen LogP) is 4.99. The molecule has 5 atom stereocenters. The van der Waals surface area contributed by atoms with E-state index in [0.29, 0.717) is 5.75 Å². The van der Waals surface area contributed by atoms with Crippen LogP contribution in [0.15, 0.2) is 36.7 Å². The van der Waals surface area contributed by atoms with Gasteiger partial charge in [-0.2, -0.15) is 0 Å².